The molecule has 0 aliphatic carbocycles. The summed E-state index contributed by atoms with van der Waals surface area (Å²) in [6.07, 6.45) is 5.12. The number of amides is 3. The van der Waals surface area contributed by atoms with Gasteiger partial charge in [-0.3, -0.25) is 14.4 Å². The predicted molar refractivity (Wildman–Crippen MR) is 78.2 cm³/mol. The molecule has 2 aliphatic heterocycles. The Morgan fingerprint density at radius 2 is 1.57 bits per heavy atom. The molecule has 2 rings (SSSR count). The third-order valence-corrected chi connectivity index (χ3v) is 4.60. The van der Waals surface area contributed by atoms with Crippen molar-refractivity contribution in [2.75, 3.05) is 13.1 Å². The highest BCUT2D eigenvalue weighted by Crippen LogP contribution is 2.30. The molecule has 2 fully saturated rings. The number of hydrogen-bond donors (Lipinski definition) is 1. The number of piperidine rings is 1. The van der Waals surface area contributed by atoms with Crippen molar-refractivity contribution in [2.24, 2.45) is 5.73 Å². The molecule has 2 saturated heterocycles. The summed E-state index contributed by atoms with van der Waals surface area (Å²) < 4.78 is 0. The molecule has 6 nitrogen and oxygen atoms in total. The second kappa shape index (κ2) is 6.91. The first kappa shape index (κ1) is 15.8. The van der Waals surface area contributed by atoms with Crippen LogP contribution in [0.15, 0.2) is 0 Å². The Bertz CT molecular complexity index is 424. The van der Waals surface area contributed by atoms with E-state index in [1.54, 1.807) is 6.92 Å². The number of carbonyl (C=O) groups is 3. The summed E-state index contributed by atoms with van der Waals surface area (Å²) in [5.74, 6) is -0.352. The van der Waals surface area contributed by atoms with Crippen molar-refractivity contribution < 1.29 is 14.4 Å². The Balaban J connectivity index is 2.10. The van der Waals surface area contributed by atoms with E-state index < -0.39 is 5.91 Å². The first-order valence-corrected chi connectivity index (χ1v) is 7.85. The standard InChI is InChI=1S/C15H25N3O3/c1-11(19)17-9-3-2-5-13-12(17)6-4-10-18(13)15(21)8-7-14(16)20/h12-13H,2-10H2,1H3,(H2,16,20)/t12-,13-/m1/s1. The van der Waals surface area contributed by atoms with E-state index in [1.807, 2.05) is 9.80 Å². The summed E-state index contributed by atoms with van der Waals surface area (Å²) in [7, 11) is 0. The number of fused-ring (bicyclic) bond motifs is 1. The summed E-state index contributed by atoms with van der Waals surface area (Å²) >= 11 is 0. The quantitative estimate of drug-likeness (QED) is 0.829. The number of likely N-dealkylation sites (tertiary alicyclic amines) is 2. The van der Waals surface area contributed by atoms with E-state index in [-0.39, 0.29) is 36.7 Å². The molecule has 118 valence electrons. The normalized spacial score (nSPS) is 26.0. The monoisotopic (exact) mass is 295 g/mol. The molecule has 0 saturated carbocycles. The highest BCUT2D eigenvalue weighted by Gasteiger charge is 2.39. The minimum atomic E-state index is -0.442. The zero-order chi connectivity index (χ0) is 15.4. The molecule has 0 radical (unpaired) electrons. The largest absolute Gasteiger partial charge is 0.370 e. The van der Waals surface area contributed by atoms with Crippen LogP contribution >= 0.6 is 0 Å². The molecule has 0 aromatic rings. The fraction of sp³-hybridized carbons (Fsp3) is 0.800. The molecule has 0 unspecified atom stereocenters. The van der Waals surface area contributed by atoms with E-state index >= 15 is 0 Å². The van der Waals surface area contributed by atoms with Gasteiger partial charge < -0.3 is 15.5 Å². The lowest BCUT2D eigenvalue weighted by Crippen LogP contribution is -2.57. The van der Waals surface area contributed by atoms with Crippen LogP contribution in [0.25, 0.3) is 0 Å². The molecule has 2 aliphatic rings. The average Bonchev–Trinajstić information content (AvgIpc) is 2.66. The first-order valence-electron chi connectivity index (χ1n) is 7.85. The van der Waals surface area contributed by atoms with E-state index in [0.717, 1.165) is 45.2 Å². The molecule has 0 aromatic heterocycles. The molecule has 2 atom stereocenters. The lowest BCUT2D eigenvalue weighted by Gasteiger charge is -2.44. The second-order valence-electron chi connectivity index (χ2n) is 6.04. The van der Waals surface area contributed by atoms with Gasteiger partial charge in [-0.05, 0) is 32.1 Å². The van der Waals surface area contributed by atoms with Gasteiger partial charge in [0.05, 0.1) is 12.1 Å². The van der Waals surface area contributed by atoms with Crippen molar-refractivity contribution in [3.05, 3.63) is 0 Å². The molecule has 0 spiro atoms. The topological polar surface area (TPSA) is 83.7 Å². The number of carbonyl (C=O) groups excluding carboxylic acids is 3. The van der Waals surface area contributed by atoms with Gasteiger partial charge in [-0.15, -0.1) is 0 Å². The molecule has 0 aromatic carbocycles. The van der Waals surface area contributed by atoms with Crippen molar-refractivity contribution in [3.8, 4) is 0 Å². The minimum absolute atomic E-state index is 0.00565. The number of hydrogen-bond acceptors (Lipinski definition) is 3. The number of nitrogens with zero attached hydrogens (tertiary/aromatic N) is 2. The van der Waals surface area contributed by atoms with Crippen LogP contribution in [0.1, 0.15) is 51.9 Å². The molecule has 0 bridgehead atoms. The van der Waals surface area contributed by atoms with Gasteiger partial charge in [0.2, 0.25) is 17.7 Å². The first-order chi connectivity index (χ1) is 10.0. The SMILES string of the molecule is CC(=O)N1CCCC[C@@H]2[C@H]1CCCN2C(=O)CCC(N)=O. The maximum atomic E-state index is 12.4. The molecule has 21 heavy (non-hydrogen) atoms. The Morgan fingerprint density at radius 3 is 2.24 bits per heavy atom. The lowest BCUT2D eigenvalue weighted by atomic mass is 9.92. The van der Waals surface area contributed by atoms with E-state index in [4.69, 9.17) is 5.73 Å². The van der Waals surface area contributed by atoms with Crippen LogP contribution in [0.3, 0.4) is 0 Å². The number of nitrogens with two attached hydrogens (primary N) is 1. The van der Waals surface area contributed by atoms with Crippen molar-refractivity contribution in [3.63, 3.8) is 0 Å². The van der Waals surface area contributed by atoms with Crippen molar-refractivity contribution in [2.45, 2.75) is 64.0 Å². The fourth-order valence-electron chi connectivity index (χ4n) is 3.62. The molecule has 2 N–H and O–H groups in total. The summed E-state index contributed by atoms with van der Waals surface area (Å²) in [6, 6.07) is 0.238. The zero-order valence-corrected chi connectivity index (χ0v) is 12.7. The molecule has 6 heteroatoms. The number of primary amides is 1. The minimum Gasteiger partial charge on any atom is -0.370 e. The summed E-state index contributed by atoms with van der Waals surface area (Å²) in [6.45, 7) is 3.13. The van der Waals surface area contributed by atoms with Crippen LogP contribution in [-0.4, -0.2) is 52.7 Å². The van der Waals surface area contributed by atoms with E-state index in [9.17, 15) is 14.4 Å². The van der Waals surface area contributed by atoms with Crippen LogP contribution in [0, 0.1) is 0 Å². The van der Waals surface area contributed by atoms with Crippen LogP contribution in [0.2, 0.25) is 0 Å². The van der Waals surface area contributed by atoms with Gasteiger partial charge in [-0.25, -0.2) is 0 Å². The highest BCUT2D eigenvalue weighted by atomic mass is 16.2. The van der Waals surface area contributed by atoms with E-state index in [0.29, 0.717) is 0 Å². The van der Waals surface area contributed by atoms with E-state index in [1.165, 1.54) is 0 Å². The maximum Gasteiger partial charge on any atom is 0.223 e. The highest BCUT2D eigenvalue weighted by molar-refractivity contribution is 5.83. The van der Waals surface area contributed by atoms with Crippen LogP contribution in [-0.2, 0) is 14.4 Å². The van der Waals surface area contributed by atoms with Crippen LogP contribution in [0.5, 0.6) is 0 Å². The van der Waals surface area contributed by atoms with Gasteiger partial charge >= 0.3 is 0 Å². The van der Waals surface area contributed by atoms with Crippen LogP contribution < -0.4 is 5.73 Å². The third kappa shape index (κ3) is 3.74. The van der Waals surface area contributed by atoms with Gasteiger partial charge in [0.15, 0.2) is 0 Å². The van der Waals surface area contributed by atoms with Gasteiger partial charge in [0.1, 0.15) is 0 Å². The van der Waals surface area contributed by atoms with E-state index in [2.05, 4.69) is 0 Å². The van der Waals surface area contributed by atoms with Crippen molar-refractivity contribution in [1.29, 1.82) is 0 Å². The zero-order valence-electron chi connectivity index (χ0n) is 12.7. The fourth-order valence-corrected chi connectivity index (χ4v) is 3.62. The predicted octanol–water partition coefficient (Wildman–Crippen LogP) is 0.644. The van der Waals surface area contributed by atoms with Crippen molar-refractivity contribution in [1.82, 2.24) is 9.80 Å². The Morgan fingerprint density at radius 1 is 0.952 bits per heavy atom. The Hall–Kier alpha value is -1.59. The molecular weight excluding hydrogens is 270 g/mol. The molecular formula is C15H25N3O3. The lowest BCUT2D eigenvalue weighted by molar-refractivity contribution is -0.142. The molecule has 3 amide bonds. The molecule has 2 heterocycles. The maximum absolute atomic E-state index is 12.4. The number of rotatable bonds is 3. The summed E-state index contributed by atoms with van der Waals surface area (Å²) in [4.78, 5) is 38.9. The van der Waals surface area contributed by atoms with Crippen molar-refractivity contribution >= 4 is 17.7 Å². The Labute approximate surface area is 125 Å². The summed E-state index contributed by atoms with van der Waals surface area (Å²) in [5, 5.41) is 0. The van der Waals surface area contributed by atoms with Gasteiger partial charge in [0, 0.05) is 32.9 Å². The third-order valence-electron chi connectivity index (χ3n) is 4.60. The second-order valence-corrected chi connectivity index (χ2v) is 6.04. The van der Waals surface area contributed by atoms with Gasteiger partial charge in [0.25, 0.3) is 0 Å². The summed E-state index contributed by atoms with van der Waals surface area (Å²) in [5.41, 5.74) is 5.13. The van der Waals surface area contributed by atoms with Crippen LogP contribution in [0.4, 0.5) is 0 Å². The van der Waals surface area contributed by atoms with Gasteiger partial charge in [-0.2, -0.15) is 0 Å². The average molecular weight is 295 g/mol. The smallest absolute Gasteiger partial charge is 0.223 e. The Kier molecular flexibility index (Phi) is 5.20. The van der Waals surface area contributed by atoms with Gasteiger partial charge in [-0.1, -0.05) is 0 Å².